The van der Waals surface area contributed by atoms with Crippen LogP contribution in [0.1, 0.15) is 55.5 Å². The number of sulfonamides is 1. The van der Waals surface area contributed by atoms with Gasteiger partial charge in [-0.3, -0.25) is 9.69 Å². The summed E-state index contributed by atoms with van der Waals surface area (Å²) in [6.45, 7) is 11.2. The fourth-order valence-corrected chi connectivity index (χ4v) is 12.1. The summed E-state index contributed by atoms with van der Waals surface area (Å²) < 4.78 is 97.9. The summed E-state index contributed by atoms with van der Waals surface area (Å²) in [6, 6.07) is 25.5. The maximum Gasteiger partial charge on any atom is 0.501 e. The molecule has 1 saturated heterocycles. The number of hydrogen-bond acceptors (Lipinski definition) is 11. The third-order valence-corrected chi connectivity index (χ3v) is 17.6. The van der Waals surface area contributed by atoms with Crippen LogP contribution < -0.4 is 14.9 Å². The van der Waals surface area contributed by atoms with E-state index in [2.05, 4.69) is 47.4 Å². The van der Waals surface area contributed by atoms with Crippen LogP contribution in [0.15, 0.2) is 117 Å². The number of carbonyl (C=O) groups is 1. The number of nitrogens with zero attached hydrogens (tertiary/aromatic N) is 3. The monoisotopic (exact) mass is 1020 g/mol. The highest BCUT2D eigenvalue weighted by atomic mass is 35.5. The molecule has 2 aliphatic rings. The molecule has 0 radical (unpaired) electrons. The summed E-state index contributed by atoms with van der Waals surface area (Å²) in [6.07, 6.45) is 7.78. The molecule has 0 bridgehead atoms. The Kier molecular flexibility index (Phi) is 17.2. The standard InChI is InChI=1S/C48H60ClF3N5O6PS3/c1-47(2)23-21-43(35-11-15-38(49)16-12-35)37(32-47)33-56-25-27-57(28-26-56)40-17-13-36(14-18-40)46(58)54-67(62,63)42-19-20-44(45(31-42)66(60,61)48(50,51)52)53-39(34-65-41-9-7-6-8-10-41)22-24-55(3)29-30-64(4,5)59/h6-20,31,39,53,59H,4,21-30,32-34H2,1-3,5H3,(H,54,58)/t39-,64?/m1/s1. The molecule has 67 heavy (non-hydrogen) atoms. The van der Waals surface area contributed by atoms with Gasteiger partial charge in [0.25, 0.3) is 25.8 Å². The summed E-state index contributed by atoms with van der Waals surface area (Å²) in [5.74, 6) is -0.721. The second kappa shape index (κ2) is 21.9. The molecule has 4 aromatic carbocycles. The van der Waals surface area contributed by atoms with Gasteiger partial charge in [-0.15, -0.1) is 11.8 Å². The molecule has 2 atom stereocenters. The molecule has 1 heterocycles. The number of carbonyl (C=O) groups excluding carboxylic acids is 1. The van der Waals surface area contributed by atoms with Gasteiger partial charge in [0, 0.05) is 78.4 Å². The Balaban J connectivity index is 1.13. The number of sulfone groups is 1. The number of halogens is 4. The summed E-state index contributed by atoms with van der Waals surface area (Å²) in [5, 5.41) is 3.67. The molecule has 19 heteroatoms. The van der Waals surface area contributed by atoms with Crippen molar-refractivity contribution in [3.05, 3.63) is 119 Å². The van der Waals surface area contributed by atoms with E-state index in [1.165, 1.54) is 40.6 Å². The largest absolute Gasteiger partial charge is 0.501 e. The van der Waals surface area contributed by atoms with Gasteiger partial charge in [0.1, 0.15) is 4.90 Å². The minimum atomic E-state index is -6.09. The number of hydrogen-bond donors (Lipinski definition) is 3. The van der Waals surface area contributed by atoms with E-state index in [9.17, 15) is 39.7 Å². The minimum absolute atomic E-state index is 0.0154. The van der Waals surface area contributed by atoms with Gasteiger partial charge in [-0.25, -0.2) is 21.6 Å². The van der Waals surface area contributed by atoms with Crippen molar-refractivity contribution in [2.75, 3.05) is 81.7 Å². The first-order chi connectivity index (χ1) is 31.4. The van der Waals surface area contributed by atoms with Crippen molar-refractivity contribution in [3.8, 4) is 0 Å². The molecule has 6 rings (SSSR count). The quantitative estimate of drug-likeness (QED) is 0.0612. The first-order valence-electron chi connectivity index (χ1n) is 22.0. The smallest absolute Gasteiger partial charge is 0.380 e. The number of piperazine rings is 1. The molecule has 4 aromatic rings. The van der Waals surface area contributed by atoms with E-state index in [0.29, 0.717) is 42.5 Å². The molecule has 3 N–H and O–H groups in total. The lowest BCUT2D eigenvalue weighted by atomic mass is 9.73. The predicted molar refractivity (Wildman–Crippen MR) is 269 cm³/mol. The fraction of sp³-hybridized carbons (Fsp3) is 0.417. The predicted octanol–water partition coefficient (Wildman–Crippen LogP) is 9.42. The SMILES string of the molecule is C=P(C)(O)CCN(C)CC[C@H](CSc1ccccc1)Nc1ccc(S(=O)(=O)NC(=O)c2ccc(N3CCN(CC4=C(c5ccc(Cl)cc5)CCC(C)(C)C4)CC3)cc2)cc1S(=O)(=O)C(F)(F)F. The average molecular weight is 1020 g/mol. The van der Waals surface area contributed by atoms with Crippen LogP contribution in [0.5, 0.6) is 0 Å². The Labute approximate surface area is 403 Å². The van der Waals surface area contributed by atoms with Crippen molar-refractivity contribution in [1.29, 1.82) is 0 Å². The lowest BCUT2D eigenvalue weighted by Crippen LogP contribution is -2.47. The number of anilines is 2. The highest BCUT2D eigenvalue weighted by Crippen LogP contribution is 2.43. The molecule has 1 unspecified atom stereocenters. The third kappa shape index (κ3) is 14.6. The molecule has 0 saturated carbocycles. The number of alkyl halides is 3. The van der Waals surface area contributed by atoms with Crippen molar-refractivity contribution < 1.29 is 39.7 Å². The van der Waals surface area contributed by atoms with E-state index in [1.807, 2.05) is 59.1 Å². The molecule has 1 aliphatic carbocycles. The maximum absolute atomic E-state index is 14.2. The second-order valence-corrected chi connectivity index (χ2v) is 26.6. The molecule has 364 valence electrons. The number of benzene rings is 4. The van der Waals surface area contributed by atoms with E-state index in [0.717, 1.165) is 74.7 Å². The molecule has 1 aliphatic heterocycles. The maximum atomic E-state index is 14.2. The summed E-state index contributed by atoms with van der Waals surface area (Å²) in [4.78, 5) is 28.9. The summed E-state index contributed by atoms with van der Waals surface area (Å²) >= 11 is 7.60. The van der Waals surface area contributed by atoms with Gasteiger partial charge in [-0.1, -0.05) is 67.7 Å². The van der Waals surface area contributed by atoms with Crippen LogP contribution in [0.4, 0.5) is 24.5 Å². The van der Waals surface area contributed by atoms with Gasteiger partial charge in [0.15, 0.2) is 0 Å². The second-order valence-electron chi connectivity index (χ2n) is 18.4. The van der Waals surface area contributed by atoms with E-state index < -0.39 is 59.9 Å². The number of nitrogens with one attached hydrogen (secondary N) is 2. The van der Waals surface area contributed by atoms with Gasteiger partial charge >= 0.3 is 5.51 Å². The lowest BCUT2D eigenvalue weighted by molar-refractivity contribution is -0.0435. The van der Waals surface area contributed by atoms with E-state index in [1.54, 1.807) is 18.8 Å². The zero-order chi connectivity index (χ0) is 48.8. The summed E-state index contributed by atoms with van der Waals surface area (Å²) in [5.41, 5.74) is -1.13. The van der Waals surface area contributed by atoms with Gasteiger partial charge in [0.2, 0.25) is 0 Å². The summed E-state index contributed by atoms with van der Waals surface area (Å²) in [7, 11) is -11.4. The van der Waals surface area contributed by atoms with Crippen LogP contribution in [0.25, 0.3) is 5.57 Å². The van der Waals surface area contributed by atoms with Crippen LogP contribution >= 0.6 is 30.5 Å². The van der Waals surface area contributed by atoms with Crippen molar-refractivity contribution in [3.63, 3.8) is 0 Å². The minimum Gasteiger partial charge on any atom is -0.380 e. The first kappa shape index (κ1) is 52.6. The number of thioether (sulfide) groups is 1. The average Bonchev–Trinajstić information content (AvgIpc) is 3.26. The molecule has 0 spiro atoms. The van der Waals surface area contributed by atoms with Crippen molar-refractivity contribution >= 4 is 79.5 Å². The molecule has 1 fully saturated rings. The van der Waals surface area contributed by atoms with Crippen molar-refractivity contribution in [1.82, 2.24) is 14.5 Å². The molecular formula is C48H60ClF3N5O6PS3. The Morgan fingerprint density at radius 3 is 2.24 bits per heavy atom. The Hall–Kier alpha value is -3.80. The Morgan fingerprint density at radius 1 is 0.955 bits per heavy atom. The number of allylic oxidation sites excluding steroid dienone is 1. The van der Waals surface area contributed by atoms with Gasteiger partial charge in [-0.2, -0.15) is 13.2 Å². The highest BCUT2D eigenvalue weighted by molar-refractivity contribution is 7.99. The number of amides is 1. The van der Waals surface area contributed by atoms with Crippen LogP contribution in [0.2, 0.25) is 5.02 Å². The lowest BCUT2D eigenvalue weighted by Gasteiger charge is -2.39. The van der Waals surface area contributed by atoms with Crippen LogP contribution in [0, 0.1) is 5.41 Å². The Morgan fingerprint density at radius 2 is 1.61 bits per heavy atom. The van der Waals surface area contributed by atoms with E-state index in [4.69, 9.17) is 11.6 Å². The van der Waals surface area contributed by atoms with Gasteiger partial charge in [0.05, 0.1) is 10.6 Å². The first-order valence-corrected chi connectivity index (χ1v) is 28.9. The van der Waals surface area contributed by atoms with Crippen molar-refractivity contribution in [2.24, 2.45) is 5.41 Å². The van der Waals surface area contributed by atoms with E-state index >= 15 is 0 Å². The topological polar surface area (TPSA) is 139 Å². The van der Waals surface area contributed by atoms with E-state index in [-0.39, 0.29) is 11.0 Å². The third-order valence-electron chi connectivity index (χ3n) is 12.1. The zero-order valence-electron chi connectivity index (χ0n) is 38.2. The molecular weight excluding hydrogens is 962 g/mol. The fourth-order valence-electron chi connectivity index (χ4n) is 8.20. The Bertz CT molecular complexity index is 2660. The van der Waals surface area contributed by atoms with Crippen LogP contribution in [-0.2, 0) is 19.9 Å². The molecule has 1 amide bonds. The zero-order valence-corrected chi connectivity index (χ0v) is 42.3. The normalized spacial score (nSPS) is 17.6. The van der Waals surface area contributed by atoms with Gasteiger partial charge < -0.3 is 20.0 Å². The number of rotatable bonds is 19. The van der Waals surface area contributed by atoms with Crippen LogP contribution in [-0.4, -0.2) is 127 Å². The van der Waals surface area contributed by atoms with Crippen molar-refractivity contribution in [2.45, 2.75) is 65.8 Å². The van der Waals surface area contributed by atoms with Crippen LogP contribution in [0.3, 0.4) is 0 Å². The molecule has 0 aromatic heterocycles. The molecule has 11 nitrogen and oxygen atoms in total. The van der Waals surface area contributed by atoms with Gasteiger partial charge in [-0.05, 0) is 136 Å². The highest BCUT2D eigenvalue weighted by Gasteiger charge is 2.48.